The number of Topliss-reactive ketones (excluding diaryl/α,β-unsaturated/α-hetero) is 2. The van der Waals surface area contributed by atoms with E-state index in [9.17, 15) is 9.59 Å². The lowest BCUT2D eigenvalue weighted by Gasteiger charge is -2.40. The molecule has 0 spiro atoms. The molecule has 0 amide bonds. The number of carbonyl (C=O) groups is 2. The monoisotopic (exact) mass is 723 g/mol. The molecule has 0 heterocycles. The second kappa shape index (κ2) is 44.0. The topological polar surface area (TPSA) is 34.1 Å². The van der Waals surface area contributed by atoms with Gasteiger partial charge in [0.25, 0.3) is 0 Å². The zero-order chi connectivity index (χ0) is 28.3. The molecule has 3 saturated carbocycles. The van der Waals surface area contributed by atoms with Crippen LogP contribution in [0.5, 0.6) is 0 Å². The van der Waals surface area contributed by atoms with Gasteiger partial charge in [0, 0.05) is 23.7 Å². The van der Waals surface area contributed by atoms with Crippen molar-refractivity contribution in [3.8, 4) is 0 Å². The predicted molar refractivity (Wildman–Crippen MR) is 249 cm³/mol. The Morgan fingerprint density at radius 1 is 0.480 bits per heavy atom. The van der Waals surface area contributed by atoms with Crippen molar-refractivity contribution in [3.05, 3.63) is 24.3 Å². The first-order chi connectivity index (χ1) is 17.7. The van der Waals surface area contributed by atoms with Crippen LogP contribution in [0.1, 0.15) is 218 Å². The summed E-state index contributed by atoms with van der Waals surface area (Å²) in [4.78, 5) is 25.6. The molecule has 2 nitrogen and oxygen atoms in total. The lowest BCUT2D eigenvalue weighted by atomic mass is 9.60. The highest BCUT2D eigenvalue weighted by Gasteiger charge is 2.63. The van der Waals surface area contributed by atoms with Gasteiger partial charge in [0.2, 0.25) is 0 Å². The molecule has 50 heavy (non-hydrogen) atoms. The summed E-state index contributed by atoms with van der Waals surface area (Å²) in [5.74, 6) is 5.29. The van der Waals surface area contributed by atoms with Crippen LogP contribution in [-0.4, -0.2) is 11.6 Å². The van der Waals surface area contributed by atoms with E-state index in [0.717, 1.165) is 30.6 Å². The van der Waals surface area contributed by atoms with Gasteiger partial charge in [0.15, 0.2) is 0 Å². The van der Waals surface area contributed by atoms with Crippen LogP contribution in [-0.2, 0) is 9.59 Å². The molecular weight excluding hydrogens is 609 g/mol. The fraction of sp³-hybridized carbons (Fsp3) is 0.875. The number of fused-ring (bicyclic) bond motifs is 10. The van der Waals surface area contributed by atoms with Gasteiger partial charge in [-0.1, -0.05) is 223 Å². The van der Waals surface area contributed by atoms with Crippen molar-refractivity contribution in [3.63, 3.8) is 0 Å². The third-order valence-electron chi connectivity index (χ3n) is 9.28. The van der Waals surface area contributed by atoms with E-state index in [1.807, 2.05) is 27.7 Å². The zero-order valence-corrected chi connectivity index (χ0v) is 26.4. The van der Waals surface area contributed by atoms with E-state index in [2.05, 4.69) is 72.8 Å². The Kier molecular flexibility index (Phi) is 76.5. The summed E-state index contributed by atoms with van der Waals surface area (Å²) < 4.78 is 0. The van der Waals surface area contributed by atoms with Crippen LogP contribution >= 0.6 is 0 Å². The number of ketones is 2. The molecule has 5 aliphatic carbocycles. The first-order valence-electron chi connectivity index (χ1n) is 16.2. The summed E-state index contributed by atoms with van der Waals surface area (Å²) in [6.07, 6.45) is 17.7. The minimum atomic E-state index is 0. The fourth-order valence-electron chi connectivity index (χ4n) is 7.31. The summed E-state index contributed by atoms with van der Waals surface area (Å²) in [5, 5.41) is 0. The first kappa shape index (κ1) is 87.0. The highest BCUT2D eigenvalue weighted by Crippen LogP contribution is 2.60. The summed E-state index contributed by atoms with van der Waals surface area (Å²) in [6.45, 7) is 23.9. The molecule has 10 unspecified atom stereocenters. The van der Waals surface area contributed by atoms with E-state index < -0.39 is 0 Å². The molecule has 0 N–H and O–H groups in total. The van der Waals surface area contributed by atoms with E-state index in [1.54, 1.807) is 0 Å². The van der Waals surface area contributed by atoms with Gasteiger partial charge in [0.1, 0.15) is 11.6 Å². The van der Waals surface area contributed by atoms with Gasteiger partial charge in [-0.05, 0) is 60.7 Å². The Balaban J connectivity index is -0.0000000348. The Bertz CT molecular complexity index is 644. The standard InChI is InChI=1S/C16H16O2.C8H18.C7H16.2C2H6.13CH4/c17-15-11-7-1-2-8(5-7)12(11)16(18)14-10-4-3-9(6-10)13(14)15;1-5-8(4)6-7(2)3;1-4-6-7(3)5-2;2*1-2;;;;;;;;;;;;;/h1-4,7-14H,5-6H2;7-8H,5-6H2,1-4H3;7H,4-6H2,1-3H3;2*1-2H3;13*1H4. The second-order valence-corrected chi connectivity index (χ2v) is 12.2. The van der Waals surface area contributed by atoms with Crippen molar-refractivity contribution in [1.82, 2.24) is 0 Å². The molecule has 5 aliphatic rings. The van der Waals surface area contributed by atoms with Crippen LogP contribution in [0.3, 0.4) is 0 Å². The van der Waals surface area contributed by atoms with Crippen LogP contribution in [0.2, 0.25) is 0 Å². The van der Waals surface area contributed by atoms with Crippen LogP contribution in [0.4, 0.5) is 0 Å². The van der Waals surface area contributed by atoms with Crippen LogP contribution < -0.4 is 0 Å². The van der Waals surface area contributed by atoms with Crippen molar-refractivity contribution in [1.29, 1.82) is 0 Å². The average Bonchev–Trinajstić information content (AvgIpc) is 3.71. The van der Waals surface area contributed by atoms with Gasteiger partial charge >= 0.3 is 0 Å². The number of carbonyl (C=O) groups excluding carboxylic acids is 2. The minimum Gasteiger partial charge on any atom is -0.299 e. The van der Waals surface area contributed by atoms with Crippen molar-refractivity contribution in [2.75, 3.05) is 0 Å². The Hall–Kier alpha value is -1.18. The van der Waals surface area contributed by atoms with E-state index >= 15 is 0 Å². The van der Waals surface area contributed by atoms with Gasteiger partial charge in [-0.3, -0.25) is 9.59 Å². The maximum atomic E-state index is 12.8. The van der Waals surface area contributed by atoms with Crippen LogP contribution in [0.15, 0.2) is 24.3 Å². The third-order valence-corrected chi connectivity index (χ3v) is 9.28. The Labute approximate surface area is 327 Å². The highest BCUT2D eigenvalue weighted by atomic mass is 16.1. The molecule has 2 heteroatoms. The maximum Gasteiger partial charge on any atom is 0.141 e. The fourth-order valence-corrected chi connectivity index (χ4v) is 7.31. The largest absolute Gasteiger partial charge is 0.299 e. The lowest BCUT2D eigenvalue weighted by molar-refractivity contribution is -0.148. The molecule has 4 bridgehead atoms. The number of allylic oxidation sites excluding steroid dienone is 4. The summed E-state index contributed by atoms with van der Waals surface area (Å²) in [5.41, 5.74) is 0. The molecule has 0 aromatic carbocycles. The van der Waals surface area contributed by atoms with Crippen LogP contribution in [0.25, 0.3) is 0 Å². The number of rotatable bonds is 6. The summed E-state index contributed by atoms with van der Waals surface area (Å²) in [7, 11) is 0. The molecule has 0 saturated heterocycles. The van der Waals surface area contributed by atoms with E-state index in [1.165, 1.54) is 32.1 Å². The van der Waals surface area contributed by atoms with Crippen molar-refractivity contribution in [2.45, 2.75) is 218 Å². The van der Waals surface area contributed by atoms with Crippen molar-refractivity contribution in [2.24, 2.45) is 65.1 Å². The molecule has 3 fully saturated rings. The summed E-state index contributed by atoms with van der Waals surface area (Å²) >= 11 is 0. The molecule has 0 aliphatic heterocycles. The van der Waals surface area contributed by atoms with Gasteiger partial charge in [0.05, 0.1) is 0 Å². The smallest absolute Gasteiger partial charge is 0.141 e. The average molecular weight is 723 g/mol. The molecule has 0 aromatic heterocycles. The second-order valence-electron chi connectivity index (χ2n) is 12.2. The van der Waals surface area contributed by atoms with E-state index in [0.29, 0.717) is 35.2 Å². The van der Waals surface area contributed by atoms with Gasteiger partial charge in [-0.25, -0.2) is 0 Å². The van der Waals surface area contributed by atoms with Gasteiger partial charge < -0.3 is 0 Å². The quantitative estimate of drug-likeness (QED) is 0.256. The molecule has 318 valence electrons. The lowest BCUT2D eigenvalue weighted by Crippen LogP contribution is -2.50. The molecule has 0 radical (unpaired) electrons. The minimum absolute atomic E-state index is 0. The number of hydrogen-bond acceptors (Lipinski definition) is 2. The van der Waals surface area contributed by atoms with Crippen molar-refractivity contribution < 1.29 is 9.59 Å². The van der Waals surface area contributed by atoms with Gasteiger partial charge in [-0.15, -0.1) is 0 Å². The normalized spacial score (nSPS) is 25.6. The Morgan fingerprint density at radius 2 is 0.720 bits per heavy atom. The highest BCUT2D eigenvalue weighted by molar-refractivity contribution is 6.02. The van der Waals surface area contributed by atoms with Crippen LogP contribution in [0, 0.1) is 65.1 Å². The number of hydrogen-bond donors (Lipinski definition) is 0. The SMILES string of the molecule is C.C.C.C.C.C.C.C.C.C.C.C.C.CC.CC.CCC(C)CC(C)C.CCCC(C)CC.O=C1C2C3C=CC(C3)C2C(=O)C2C3C=CC(C3)C12. The van der Waals surface area contributed by atoms with E-state index in [4.69, 9.17) is 0 Å². The molecule has 0 aromatic rings. The molecular formula is C48H114O2. The predicted octanol–water partition coefficient (Wildman–Crippen LogP) is 18.2. The van der Waals surface area contributed by atoms with Crippen molar-refractivity contribution >= 4 is 11.6 Å². The maximum absolute atomic E-state index is 12.8. The zero-order valence-electron chi connectivity index (χ0n) is 26.4. The molecule has 10 atom stereocenters. The Morgan fingerprint density at radius 3 is 0.860 bits per heavy atom. The van der Waals surface area contributed by atoms with E-state index in [-0.39, 0.29) is 120 Å². The summed E-state index contributed by atoms with van der Waals surface area (Å²) in [6, 6.07) is 0. The van der Waals surface area contributed by atoms with Gasteiger partial charge in [-0.2, -0.15) is 0 Å². The first-order valence-corrected chi connectivity index (χ1v) is 16.2. The third kappa shape index (κ3) is 21.4. The molecule has 5 rings (SSSR count).